The lowest BCUT2D eigenvalue weighted by molar-refractivity contribution is -0.385. The van der Waals surface area contributed by atoms with Crippen molar-refractivity contribution < 1.29 is 28.3 Å². The number of hydrogen-bond acceptors (Lipinski definition) is 9. The Morgan fingerprint density at radius 1 is 1.17 bits per heavy atom. The quantitative estimate of drug-likeness (QED) is 0.297. The molecule has 0 aliphatic carbocycles. The molecule has 0 spiro atoms. The molecule has 11 heteroatoms. The fourth-order valence-corrected chi connectivity index (χ4v) is 2.64. The number of aromatic nitrogens is 2. The number of nitro benzene ring substituents is 1. The summed E-state index contributed by atoms with van der Waals surface area (Å²) in [6, 6.07) is 8.28. The van der Waals surface area contributed by atoms with Gasteiger partial charge in [-0.1, -0.05) is 11.6 Å². The van der Waals surface area contributed by atoms with Crippen LogP contribution in [0.3, 0.4) is 0 Å². The van der Waals surface area contributed by atoms with Crippen LogP contribution in [0.25, 0.3) is 0 Å². The molecule has 0 saturated heterocycles. The molecule has 3 rings (SSSR count). The van der Waals surface area contributed by atoms with Gasteiger partial charge in [0.05, 0.1) is 17.6 Å². The maximum Gasteiger partial charge on any atom is 0.339 e. The van der Waals surface area contributed by atoms with Crippen molar-refractivity contribution >= 4 is 23.3 Å². The number of benzene rings is 2. The Bertz CT molecular complexity index is 1100. The van der Waals surface area contributed by atoms with Crippen molar-refractivity contribution in [3.05, 3.63) is 68.9 Å². The van der Waals surface area contributed by atoms with Crippen molar-refractivity contribution in [2.75, 3.05) is 7.11 Å². The van der Waals surface area contributed by atoms with E-state index >= 15 is 0 Å². The Kier molecular flexibility index (Phi) is 6.17. The molecule has 156 valence electrons. The molecule has 0 aliphatic rings. The van der Waals surface area contributed by atoms with Crippen molar-refractivity contribution in [2.45, 2.75) is 20.0 Å². The number of ether oxygens (including phenoxy) is 3. The first-order valence-electron chi connectivity index (χ1n) is 8.59. The third-order valence-corrected chi connectivity index (χ3v) is 4.15. The first-order valence-corrected chi connectivity index (χ1v) is 8.97. The monoisotopic (exact) mass is 433 g/mol. The van der Waals surface area contributed by atoms with E-state index in [-0.39, 0.29) is 39.4 Å². The third-order valence-electron chi connectivity index (χ3n) is 3.91. The Labute approximate surface area is 175 Å². The van der Waals surface area contributed by atoms with Gasteiger partial charge in [-0.3, -0.25) is 10.1 Å². The number of methoxy groups -OCH3 is 1. The predicted octanol–water partition coefficient (Wildman–Crippen LogP) is 4.66. The second kappa shape index (κ2) is 8.78. The summed E-state index contributed by atoms with van der Waals surface area (Å²) < 4.78 is 21.4. The number of esters is 1. The summed E-state index contributed by atoms with van der Waals surface area (Å²) in [6.07, 6.45) is -0.752. The smallest absolute Gasteiger partial charge is 0.339 e. The highest BCUT2D eigenvalue weighted by molar-refractivity contribution is 6.30. The molecule has 0 amide bonds. The molecule has 1 atom stereocenters. The highest BCUT2D eigenvalue weighted by Gasteiger charge is 2.22. The minimum absolute atomic E-state index is 0.0292. The molecular formula is C19H16ClN3O7. The number of aryl methyl sites for hydroxylation is 1. The Morgan fingerprint density at radius 2 is 1.90 bits per heavy atom. The average Bonchev–Trinajstić information content (AvgIpc) is 3.15. The van der Waals surface area contributed by atoms with Crippen molar-refractivity contribution in [1.82, 2.24) is 10.2 Å². The second-order valence-electron chi connectivity index (χ2n) is 6.04. The molecule has 0 fully saturated rings. The zero-order chi connectivity index (χ0) is 21.8. The van der Waals surface area contributed by atoms with Crippen LogP contribution in [0.4, 0.5) is 5.69 Å². The standard InChI is InChI=1S/C19H16ClN3O7/c1-10(18-22-21-11(2)29-18)28-19(24)12-4-6-16(17(8-12)27-3)30-15-7-5-13(20)9-14(15)23(25)26/h4-10H,1-3H3. The molecule has 1 unspecified atom stereocenters. The van der Waals surface area contributed by atoms with Crippen LogP contribution in [0.5, 0.6) is 17.2 Å². The average molecular weight is 434 g/mol. The molecule has 3 aromatic rings. The van der Waals surface area contributed by atoms with Crippen molar-refractivity contribution in [3.63, 3.8) is 0 Å². The van der Waals surface area contributed by atoms with Gasteiger partial charge in [0.2, 0.25) is 11.6 Å². The number of halogens is 1. The van der Waals surface area contributed by atoms with Gasteiger partial charge in [-0.25, -0.2) is 4.79 Å². The summed E-state index contributed by atoms with van der Waals surface area (Å²) in [5.74, 6) is 0.185. The Hall–Kier alpha value is -3.66. The molecule has 30 heavy (non-hydrogen) atoms. The van der Waals surface area contributed by atoms with Gasteiger partial charge in [-0.15, -0.1) is 10.2 Å². The van der Waals surface area contributed by atoms with E-state index in [1.165, 1.54) is 43.5 Å². The molecule has 1 aromatic heterocycles. The Morgan fingerprint density at radius 3 is 2.53 bits per heavy atom. The fourth-order valence-electron chi connectivity index (χ4n) is 2.47. The SMILES string of the molecule is COc1cc(C(=O)OC(C)c2nnc(C)o2)ccc1Oc1ccc(Cl)cc1[N+](=O)[O-]. The molecule has 2 aromatic carbocycles. The van der Waals surface area contributed by atoms with E-state index < -0.39 is 17.0 Å². The topological polar surface area (TPSA) is 127 Å². The van der Waals surface area contributed by atoms with Gasteiger partial charge in [-0.05, 0) is 37.3 Å². The first kappa shape index (κ1) is 21.1. The summed E-state index contributed by atoms with van der Waals surface area (Å²) in [5.41, 5.74) is -0.135. The normalized spacial score (nSPS) is 11.6. The van der Waals surface area contributed by atoms with E-state index in [0.29, 0.717) is 5.89 Å². The summed E-state index contributed by atoms with van der Waals surface area (Å²) in [5, 5.41) is 18.9. The second-order valence-corrected chi connectivity index (χ2v) is 6.48. The predicted molar refractivity (Wildman–Crippen MR) is 104 cm³/mol. The largest absolute Gasteiger partial charge is 0.493 e. The van der Waals surface area contributed by atoms with Crippen molar-refractivity contribution in [3.8, 4) is 17.2 Å². The molecular weight excluding hydrogens is 418 g/mol. The lowest BCUT2D eigenvalue weighted by atomic mass is 10.2. The number of carbonyl (C=O) groups is 1. The fraction of sp³-hybridized carbons (Fsp3) is 0.211. The van der Waals surface area contributed by atoms with Crippen LogP contribution in [0, 0.1) is 17.0 Å². The summed E-state index contributed by atoms with van der Waals surface area (Å²) >= 11 is 5.81. The zero-order valence-electron chi connectivity index (χ0n) is 16.1. The van der Waals surface area contributed by atoms with E-state index in [1.807, 2.05) is 0 Å². The van der Waals surface area contributed by atoms with E-state index in [0.717, 1.165) is 0 Å². The van der Waals surface area contributed by atoms with Crippen LogP contribution >= 0.6 is 11.6 Å². The summed E-state index contributed by atoms with van der Waals surface area (Å²) in [7, 11) is 1.37. The van der Waals surface area contributed by atoms with Crippen LogP contribution in [0.15, 0.2) is 40.8 Å². The molecule has 0 N–H and O–H groups in total. The van der Waals surface area contributed by atoms with Crippen molar-refractivity contribution in [2.24, 2.45) is 0 Å². The Balaban J connectivity index is 1.81. The van der Waals surface area contributed by atoms with Crippen molar-refractivity contribution in [1.29, 1.82) is 0 Å². The van der Waals surface area contributed by atoms with Gasteiger partial charge in [0.15, 0.2) is 17.6 Å². The zero-order valence-corrected chi connectivity index (χ0v) is 16.9. The lowest BCUT2D eigenvalue weighted by Gasteiger charge is -2.13. The maximum absolute atomic E-state index is 12.4. The number of carbonyl (C=O) groups excluding carboxylic acids is 1. The van der Waals surface area contributed by atoms with E-state index in [9.17, 15) is 14.9 Å². The first-order chi connectivity index (χ1) is 14.3. The molecule has 1 heterocycles. The van der Waals surface area contributed by atoms with Crippen LogP contribution < -0.4 is 9.47 Å². The van der Waals surface area contributed by atoms with Gasteiger partial charge in [0, 0.05) is 18.0 Å². The number of nitro groups is 1. The van der Waals surface area contributed by atoms with Gasteiger partial charge >= 0.3 is 11.7 Å². The van der Waals surface area contributed by atoms with Gasteiger partial charge in [-0.2, -0.15) is 0 Å². The molecule has 0 bridgehead atoms. The summed E-state index contributed by atoms with van der Waals surface area (Å²) in [6.45, 7) is 3.22. The van der Waals surface area contributed by atoms with E-state index in [2.05, 4.69) is 10.2 Å². The maximum atomic E-state index is 12.4. The minimum atomic E-state index is -0.752. The van der Waals surface area contributed by atoms with Crippen LogP contribution in [-0.4, -0.2) is 28.2 Å². The van der Waals surface area contributed by atoms with E-state index in [1.54, 1.807) is 13.8 Å². The number of hydrogen-bond donors (Lipinski definition) is 0. The van der Waals surface area contributed by atoms with Gasteiger partial charge < -0.3 is 18.6 Å². The van der Waals surface area contributed by atoms with E-state index in [4.69, 9.17) is 30.2 Å². The number of rotatable bonds is 7. The summed E-state index contributed by atoms with van der Waals surface area (Å²) in [4.78, 5) is 23.1. The molecule has 0 saturated carbocycles. The minimum Gasteiger partial charge on any atom is -0.493 e. The molecule has 10 nitrogen and oxygen atoms in total. The third kappa shape index (κ3) is 4.66. The lowest BCUT2D eigenvalue weighted by Crippen LogP contribution is -2.10. The molecule has 0 aliphatic heterocycles. The van der Waals surface area contributed by atoms with Gasteiger partial charge in [0.25, 0.3) is 5.89 Å². The van der Waals surface area contributed by atoms with Crippen LogP contribution in [-0.2, 0) is 4.74 Å². The van der Waals surface area contributed by atoms with Crippen LogP contribution in [0.2, 0.25) is 5.02 Å². The van der Waals surface area contributed by atoms with Crippen LogP contribution in [0.1, 0.15) is 35.2 Å². The highest BCUT2D eigenvalue weighted by Crippen LogP contribution is 2.38. The molecule has 0 radical (unpaired) electrons. The highest BCUT2D eigenvalue weighted by atomic mass is 35.5. The number of nitrogens with zero attached hydrogens (tertiary/aromatic N) is 3. The van der Waals surface area contributed by atoms with Gasteiger partial charge in [0.1, 0.15) is 0 Å².